The molecule has 0 aliphatic rings. The number of hydrogen-bond acceptors (Lipinski definition) is 3. The molecule has 0 bridgehead atoms. The molecule has 0 saturated carbocycles. The zero-order valence-corrected chi connectivity index (χ0v) is 11.6. The summed E-state index contributed by atoms with van der Waals surface area (Å²) in [4.78, 5) is 11.8. The van der Waals surface area contributed by atoms with Gasteiger partial charge in [-0.25, -0.2) is 4.79 Å². The quantitative estimate of drug-likeness (QED) is 0.774. The zero-order valence-electron chi connectivity index (χ0n) is 11.6. The summed E-state index contributed by atoms with van der Waals surface area (Å²) in [5.74, 6) is 0.588. The third kappa shape index (κ3) is 2.72. The van der Waals surface area contributed by atoms with Crippen molar-refractivity contribution in [3.8, 4) is 0 Å². The van der Waals surface area contributed by atoms with Gasteiger partial charge < -0.3 is 13.7 Å². The number of carbonyl (C=O) groups is 1. The summed E-state index contributed by atoms with van der Waals surface area (Å²) < 4.78 is 12.2. The lowest BCUT2D eigenvalue weighted by molar-refractivity contribution is 0.0585. The van der Waals surface area contributed by atoms with E-state index in [4.69, 9.17) is 9.15 Å². The first kappa shape index (κ1) is 13.5. The fourth-order valence-electron chi connectivity index (χ4n) is 2.20. The van der Waals surface area contributed by atoms with Crippen LogP contribution in [0.3, 0.4) is 0 Å². The van der Waals surface area contributed by atoms with Crippen molar-refractivity contribution in [2.75, 3.05) is 7.11 Å². The van der Waals surface area contributed by atoms with Crippen molar-refractivity contribution in [2.45, 2.75) is 32.7 Å². The largest absolute Gasteiger partial charge is 0.469 e. The van der Waals surface area contributed by atoms with E-state index in [0.717, 1.165) is 17.9 Å². The summed E-state index contributed by atoms with van der Waals surface area (Å²) in [6.45, 7) is 4.19. The number of rotatable bonds is 5. The van der Waals surface area contributed by atoms with E-state index in [-0.39, 0.29) is 12.0 Å². The van der Waals surface area contributed by atoms with Crippen molar-refractivity contribution in [1.82, 2.24) is 4.57 Å². The van der Waals surface area contributed by atoms with Crippen LogP contribution in [-0.2, 0) is 11.2 Å². The Bertz CT molecular complexity index is 540. The monoisotopic (exact) mass is 261 g/mol. The van der Waals surface area contributed by atoms with Crippen LogP contribution in [0.15, 0.2) is 34.9 Å². The Morgan fingerprint density at radius 2 is 2.21 bits per heavy atom. The van der Waals surface area contributed by atoms with Gasteiger partial charge in [-0.1, -0.05) is 6.92 Å². The molecule has 1 unspecified atom stereocenters. The molecular weight excluding hydrogens is 242 g/mol. The number of furan rings is 1. The molecule has 2 heterocycles. The Kier molecular flexibility index (Phi) is 4.10. The summed E-state index contributed by atoms with van der Waals surface area (Å²) in [6.07, 6.45) is 3.28. The van der Waals surface area contributed by atoms with Gasteiger partial charge in [0.15, 0.2) is 0 Å². The van der Waals surface area contributed by atoms with Gasteiger partial charge >= 0.3 is 5.97 Å². The van der Waals surface area contributed by atoms with Crippen LogP contribution in [0.5, 0.6) is 0 Å². The second-order valence-corrected chi connectivity index (χ2v) is 4.58. The maximum Gasteiger partial charge on any atom is 0.354 e. The molecule has 0 N–H and O–H groups in total. The molecule has 2 rings (SSSR count). The average Bonchev–Trinajstić information content (AvgIpc) is 3.07. The Morgan fingerprint density at radius 3 is 2.79 bits per heavy atom. The highest BCUT2D eigenvalue weighted by Gasteiger charge is 2.19. The van der Waals surface area contributed by atoms with E-state index >= 15 is 0 Å². The van der Waals surface area contributed by atoms with Crippen LogP contribution in [0.1, 0.15) is 48.3 Å². The lowest BCUT2D eigenvalue weighted by Gasteiger charge is -2.18. The fourth-order valence-corrected chi connectivity index (χ4v) is 2.20. The fraction of sp³-hybridized carbons (Fsp3) is 0.400. The molecule has 19 heavy (non-hydrogen) atoms. The summed E-state index contributed by atoms with van der Waals surface area (Å²) in [6, 6.07) is 7.82. The van der Waals surface area contributed by atoms with Crippen molar-refractivity contribution in [2.24, 2.45) is 0 Å². The van der Waals surface area contributed by atoms with Gasteiger partial charge in [-0.05, 0) is 37.6 Å². The predicted molar refractivity (Wildman–Crippen MR) is 72.3 cm³/mol. The highest BCUT2D eigenvalue weighted by molar-refractivity contribution is 5.88. The molecule has 0 saturated heterocycles. The molecule has 4 heteroatoms. The van der Waals surface area contributed by atoms with Crippen LogP contribution in [0.25, 0.3) is 0 Å². The Balaban J connectivity index is 2.37. The minimum atomic E-state index is -0.300. The highest BCUT2D eigenvalue weighted by Crippen LogP contribution is 2.22. The molecule has 0 fully saturated rings. The van der Waals surface area contributed by atoms with Crippen molar-refractivity contribution in [1.29, 1.82) is 0 Å². The van der Waals surface area contributed by atoms with Crippen LogP contribution < -0.4 is 0 Å². The first-order chi connectivity index (χ1) is 9.17. The smallest absolute Gasteiger partial charge is 0.354 e. The summed E-state index contributed by atoms with van der Waals surface area (Å²) in [5.41, 5.74) is 1.66. The number of methoxy groups -OCH3 is 1. The lowest BCUT2D eigenvalue weighted by Crippen LogP contribution is -2.16. The third-order valence-corrected chi connectivity index (χ3v) is 3.36. The van der Waals surface area contributed by atoms with Gasteiger partial charge in [-0.15, -0.1) is 0 Å². The number of hydrogen-bond donors (Lipinski definition) is 0. The van der Waals surface area contributed by atoms with Crippen molar-refractivity contribution in [3.63, 3.8) is 0 Å². The maximum absolute atomic E-state index is 11.8. The number of esters is 1. The standard InChI is InChI=1S/C15H19NO3/c1-4-11(2)16-12(10-13-6-5-9-19-13)7-8-14(16)15(17)18-3/h5-9,11H,4,10H2,1-3H3. The average molecular weight is 261 g/mol. The Hall–Kier alpha value is -1.97. The van der Waals surface area contributed by atoms with Gasteiger partial charge in [0.25, 0.3) is 0 Å². The molecule has 0 radical (unpaired) electrons. The van der Waals surface area contributed by atoms with E-state index in [2.05, 4.69) is 13.8 Å². The van der Waals surface area contributed by atoms with Gasteiger partial charge in [0.05, 0.1) is 13.4 Å². The summed E-state index contributed by atoms with van der Waals surface area (Å²) in [7, 11) is 1.41. The second-order valence-electron chi connectivity index (χ2n) is 4.58. The van der Waals surface area contributed by atoms with Crippen LogP contribution >= 0.6 is 0 Å². The van der Waals surface area contributed by atoms with Crippen LogP contribution in [0.2, 0.25) is 0 Å². The van der Waals surface area contributed by atoms with Gasteiger partial charge in [0.1, 0.15) is 11.5 Å². The molecule has 1 atom stereocenters. The molecule has 0 spiro atoms. The molecule has 2 aromatic heterocycles. The van der Waals surface area contributed by atoms with E-state index in [1.165, 1.54) is 7.11 Å². The van der Waals surface area contributed by atoms with Gasteiger partial charge in [-0.3, -0.25) is 0 Å². The molecule has 102 valence electrons. The van der Waals surface area contributed by atoms with E-state index in [0.29, 0.717) is 12.1 Å². The van der Waals surface area contributed by atoms with E-state index < -0.39 is 0 Å². The topological polar surface area (TPSA) is 44.4 Å². The molecule has 4 nitrogen and oxygen atoms in total. The number of ether oxygens (including phenoxy) is 1. The van der Waals surface area contributed by atoms with E-state index in [9.17, 15) is 4.79 Å². The van der Waals surface area contributed by atoms with Gasteiger partial charge in [0, 0.05) is 18.2 Å². The lowest BCUT2D eigenvalue weighted by atomic mass is 10.2. The molecule has 2 aromatic rings. The predicted octanol–water partition coefficient (Wildman–Crippen LogP) is 3.43. The van der Waals surface area contributed by atoms with Crippen molar-refractivity contribution in [3.05, 3.63) is 47.7 Å². The van der Waals surface area contributed by atoms with Crippen molar-refractivity contribution >= 4 is 5.97 Å². The maximum atomic E-state index is 11.8. The number of aromatic nitrogens is 1. The zero-order chi connectivity index (χ0) is 13.8. The van der Waals surface area contributed by atoms with E-state index in [1.54, 1.807) is 6.26 Å². The number of carbonyl (C=O) groups excluding carboxylic acids is 1. The molecule has 0 amide bonds. The first-order valence-corrected chi connectivity index (χ1v) is 6.48. The molecule has 0 aliphatic carbocycles. The Labute approximate surface area is 113 Å². The van der Waals surface area contributed by atoms with Crippen LogP contribution in [0, 0.1) is 0 Å². The molecule has 0 aliphatic heterocycles. The van der Waals surface area contributed by atoms with Gasteiger partial charge in [0.2, 0.25) is 0 Å². The van der Waals surface area contributed by atoms with Gasteiger partial charge in [-0.2, -0.15) is 0 Å². The highest BCUT2D eigenvalue weighted by atomic mass is 16.5. The second kappa shape index (κ2) is 5.78. The van der Waals surface area contributed by atoms with E-state index in [1.807, 2.05) is 28.8 Å². The first-order valence-electron chi connectivity index (χ1n) is 6.48. The van der Waals surface area contributed by atoms with Crippen LogP contribution in [0.4, 0.5) is 0 Å². The minimum absolute atomic E-state index is 0.245. The third-order valence-electron chi connectivity index (χ3n) is 3.36. The van der Waals surface area contributed by atoms with Crippen LogP contribution in [-0.4, -0.2) is 17.6 Å². The summed E-state index contributed by atoms with van der Waals surface area (Å²) >= 11 is 0. The Morgan fingerprint density at radius 1 is 1.42 bits per heavy atom. The molecular formula is C15H19NO3. The summed E-state index contributed by atoms with van der Waals surface area (Å²) in [5, 5.41) is 0. The number of nitrogens with zero attached hydrogens (tertiary/aromatic N) is 1. The SMILES string of the molecule is CCC(C)n1c(Cc2ccco2)ccc1C(=O)OC. The minimum Gasteiger partial charge on any atom is -0.469 e. The normalized spacial score (nSPS) is 12.4. The molecule has 0 aromatic carbocycles. The van der Waals surface area contributed by atoms with Crippen molar-refractivity contribution < 1.29 is 13.9 Å².